The number of hydrogen-bond donors (Lipinski definition) is 2. The van der Waals surface area contributed by atoms with Crippen molar-refractivity contribution >= 4 is 23.3 Å². The van der Waals surface area contributed by atoms with E-state index in [1.54, 1.807) is 23.1 Å². The van der Waals surface area contributed by atoms with Gasteiger partial charge < -0.3 is 15.4 Å². The molecule has 0 aliphatic carbocycles. The number of hydrogen-bond acceptors (Lipinski definition) is 3. The van der Waals surface area contributed by atoms with Crippen molar-refractivity contribution in [2.24, 2.45) is 0 Å². The minimum atomic E-state index is -4.48. The standard InChI is InChI=1S/C18H16F3N3O3/c19-18(20,21)11-27-15-4-2-1-3-14(15)23-16(25)12-5-7-13(8-6-12)24-10-9-22-17(24)26/h1-8H,9-11H2,(H,22,26)(H,23,25). The Labute approximate surface area is 152 Å². The lowest BCUT2D eigenvalue weighted by Gasteiger charge is -2.15. The number of nitrogens with one attached hydrogen (secondary N) is 2. The van der Waals surface area contributed by atoms with E-state index in [9.17, 15) is 22.8 Å². The van der Waals surface area contributed by atoms with Gasteiger partial charge in [-0.15, -0.1) is 0 Å². The molecular formula is C18H16F3N3O3. The van der Waals surface area contributed by atoms with Crippen molar-refractivity contribution in [3.8, 4) is 5.75 Å². The van der Waals surface area contributed by atoms with Crippen molar-refractivity contribution in [1.29, 1.82) is 0 Å². The third-order valence-corrected chi connectivity index (χ3v) is 3.82. The zero-order chi connectivity index (χ0) is 19.4. The number of carbonyl (C=O) groups is 2. The van der Waals surface area contributed by atoms with Gasteiger partial charge >= 0.3 is 12.2 Å². The number of halogens is 3. The van der Waals surface area contributed by atoms with Crippen LogP contribution in [0.3, 0.4) is 0 Å². The van der Waals surface area contributed by atoms with E-state index in [2.05, 4.69) is 10.6 Å². The third-order valence-electron chi connectivity index (χ3n) is 3.82. The highest BCUT2D eigenvalue weighted by Gasteiger charge is 2.29. The lowest BCUT2D eigenvalue weighted by molar-refractivity contribution is -0.153. The Morgan fingerprint density at radius 1 is 1.15 bits per heavy atom. The van der Waals surface area contributed by atoms with Gasteiger partial charge in [-0.3, -0.25) is 9.69 Å². The monoisotopic (exact) mass is 379 g/mol. The number of alkyl halides is 3. The molecule has 2 N–H and O–H groups in total. The topological polar surface area (TPSA) is 70.7 Å². The van der Waals surface area contributed by atoms with Gasteiger partial charge in [0.15, 0.2) is 6.61 Å². The summed E-state index contributed by atoms with van der Waals surface area (Å²) in [6.45, 7) is -0.365. The molecule has 2 aromatic carbocycles. The molecule has 0 radical (unpaired) electrons. The van der Waals surface area contributed by atoms with Gasteiger partial charge in [0.2, 0.25) is 0 Å². The number of urea groups is 1. The molecule has 0 saturated carbocycles. The summed E-state index contributed by atoms with van der Waals surface area (Å²) in [6.07, 6.45) is -4.48. The first-order chi connectivity index (χ1) is 12.8. The average molecular weight is 379 g/mol. The number of amides is 3. The number of carbonyl (C=O) groups excluding carboxylic acids is 2. The van der Waals surface area contributed by atoms with Crippen LogP contribution in [0.4, 0.5) is 29.3 Å². The Morgan fingerprint density at radius 2 is 1.85 bits per heavy atom. The first kappa shape index (κ1) is 18.6. The SMILES string of the molecule is O=C(Nc1ccccc1OCC(F)(F)F)c1ccc(N2CCNC2=O)cc1. The fourth-order valence-electron chi connectivity index (χ4n) is 2.56. The van der Waals surface area contributed by atoms with Gasteiger partial charge in [-0.05, 0) is 36.4 Å². The van der Waals surface area contributed by atoms with E-state index in [1.807, 2.05) is 0 Å². The average Bonchev–Trinajstić information content (AvgIpc) is 3.06. The zero-order valence-corrected chi connectivity index (χ0v) is 14.0. The smallest absolute Gasteiger partial charge is 0.422 e. The van der Waals surface area contributed by atoms with Crippen molar-refractivity contribution in [3.63, 3.8) is 0 Å². The van der Waals surface area contributed by atoms with Crippen LogP contribution in [0.1, 0.15) is 10.4 Å². The van der Waals surface area contributed by atoms with Crippen LogP contribution in [0, 0.1) is 0 Å². The van der Waals surface area contributed by atoms with Crippen LogP contribution >= 0.6 is 0 Å². The summed E-state index contributed by atoms with van der Waals surface area (Å²) in [5, 5.41) is 5.22. The molecule has 142 valence electrons. The second kappa shape index (κ2) is 7.56. The largest absolute Gasteiger partial charge is 0.482 e. The van der Waals surface area contributed by atoms with E-state index >= 15 is 0 Å². The predicted octanol–water partition coefficient (Wildman–Crippen LogP) is 3.41. The van der Waals surface area contributed by atoms with Crippen molar-refractivity contribution < 1.29 is 27.5 Å². The van der Waals surface area contributed by atoms with Crippen LogP contribution in [-0.2, 0) is 0 Å². The molecule has 0 bridgehead atoms. The second-order valence-electron chi connectivity index (χ2n) is 5.78. The Morgan fingerprint density at radius 3 is 2.48 bits per heavy atom. The fraction of sp³-hybridized carbons (Fsp3) is 0.222. The van der Waals surface area contributed by atoms with Crippen molar-refractivity contribution in [1.82, 2.24) is 5.32 Å². The number of rotatable bonds is 5. The summed E-state index contributed by atoms with van der Waals surface area (Å²) in [7, 11) is 0. The number of nitrogens with zero attached hydrogens (tertiary/aromatic N) is 1. The summed E-state index contributed by atoms with van der Waals surface area (Å²) >= 11 is 0. The Bertz CT molecular complexity index is 838. The van der Waals surface area contributed by atoms with Gasteiger partial charge in [0, 0.05) is 24.3 Å². The highest BCUT2D eigenvalue weighted by atomic mass is 19.4. The molecule has 1 aliphatic heterocycles. The lowest BCUT2D eigenvalue weighted by atomic mass is 10.1. The zero-order valence-electron chi connectivity index (χ0n) is 14.0. The summed E-state index contributed by atoms with van der Waals surface area (Å²) in [6, 6.07) is 12.0. The summed E-state index contributed by atoms with van der Waals surface area (Å²) < 4.78 is 41.8. The van der Waals surface area contributed by atoms with Crippen LogP contribution < -0.4 is 20.3 Å². The van der Waals surface area contributed by atoms with Crippen molar-refractivity contribution in [3.05, 3.63) is 54.1 Å². The van der Waals surface area contributed by atoms with Gasteiger partial charge in [-0.2, -0.15) is 13.2 Å². The normalized spacial score (nSPS) is 14.0. The van der Waals surface area contributed by atoms with Crippen molar-refractivity contribution in [2.45, 2.75) is 6.18 Å². The minimum Gasteiger partial charge on any atom is -0.482 e. The summed E-state index contributed by atoms with van der Waals surface area (Å²) in [5.41, 5.74) is 1.08. The van der Waals surface area contributed by atoms with Gasteiger partial charge in [0.05, 0.1) is 5.69 Å². The molecule has 9 heteroatoms. The Hall–Kier alpha value is -3.23. The lowest BCUT2D eigenvalue weighted by Crippen LogP contribution is -2.27. The van der Waals surface area contributed by atoms with Crippen LogP contribution in [0.25, 0.3) is 0 Å². The maximum absolute atomic E-state index is 12.4. The molecule has 0 unspecified atom stereocenters. The quantitative estimate of drug-likeness (QED) is 0.837. The van der Waals surface area contributed by atoms with Crippen LogP contribution in [0.2, 0.25) is 0 Å². The van der Waals surface area contributed by atoms with Gasteiger partial charge in [0.25, 0.3) is 5.91 Å². The third kappa shape index (κ3) is 4.69. The highest BCUT2D eigenvalue weighted by molar-refractivity contribution is 6.05. The van der Waals surface area contributed by atoms with E-state index in [-0.39, 0.29) is 17.5 Å². The first-order valence-corrected chi connectivity index (χ1v) is 8.09. The van der Waals surface area contributed by atoms with Crippen LogP contribution in [0.5, 0.6) is 5.75 Å². The first-order valence-electron chi connectivity index (χ1n) is 8.09. The molecule has 0 aromatic heterocycles. The molecule has 2 aromatic rings. The highest BCUT2D eigenvalue weighted by Crippen LogP contribution is 2.27. The number of anilines is 2. The molecule has 6 nitrogen and oxygen atoms in total. The molecule has 1 fully saturated rings. The Kier molecular flexibility index (Phi) is 5.20. The van der Waals surface area contributed by atoms with Crippen LogP contribution in [-0.4, -0.2) is 37.8 Å². The summed E-state index contributed by atoms with van der Waals surface area (Å²) in [5.74, 6) is -0.580. The molecule has 0 atom stereocenters. The van der Waals surface area contributed by atoms with E-state index in [0.29, 0.717) is 24.3 Å². The maximum atomic E-state index is 12.4. The van der Waals surface area contributed by atoms with E-state index in [0.717, 1.165) is 0 Å². The van der Waals surface area contributed by atoms with Crippen molar-refractivity contribution in [2.75, 3.05) is 29.9 Å². The van der Waals surface area contributed by atoms with Gasteiger partial charge in [-0.1, -0.05) is 12.1 Å². The maximum Gasteiger partial charge on any atom is 0.422 e. The molecule has 1 heterocycles. The molecule has 1 saturated heterocycles. The van der Waals surface area contributed by atoms with Crippen LogP contribution in [0.15, 0.2) is 48.5 Å². The molecule has 0 spiro atoms. The number of para-hydroxylation sites is 2. The predicted molar refractivity (Wildman–Crippen MR) is 93.1 cm³/mol. The molecule has 3 rings (SSSR count). The summed E-state index contributed by atoms with van der Waals surface area (Å²) in [4.78, 5) is 25.6. The van der Waals surface area contributed by atoms with E-state index in [1.165, 1.54) is 30.3 Å². The second-order valence-corrected chi connectivity index (χ2v) is 5.78. The number of benzene rings is 2. The molecule has 3 amide bonds. The Balaban J connectivity index is 1.69. The van der Waals surface area contributed by atoms with E-state index < -0.39 is 18.7 Å². The van der Waals surface area contributed by atoms with Gasteiger partial charge in [0.1, 0.15) is 5.75 Å². The molecule has 1 aliphatic rings. The fourth-order valence-corrected chi connectivity index (χ4v) is 2.56. The minimum absolute atomic E-state index is 0.0754. The van der Waals surface area contributed by atoms with Gasteiger partial charge in [-0.25, -0.2) is 4.79 Å². The van der Waals surface area contributed by atoms with E-state index in [4.69, 9.17) is 4.74 Å². The number of ether oxygens (including phenoxy) is 1. The molecule has 27 heavy (non-hydrogen) atoms. The molecular weight excluding hydrogens is 363 g/mol.